The van der Waals surface area contributed by atoms with Gasteiger partial charge in [0.15, 0.2) is 5.84 Å². The van der Waals surface area contributed by atoms with Crippen molar-refractivity contribution in [3.8, 4) is 0 Å². The monoisotopic (exact) mass is 454 g/mol. The highest BCUT2D eigenvalue weighted by Gasteiger charge is 2.16. The lowest BCUT2D eigenvalue weighted by Gasteiger charge is -2.13. The second kappa shape index (κ2) is 24.5. The van der Waals surface area contributed by atoms with E-state index < -0.39 is 6.10 Å². The van der Waals surface area contributed by atoms with Gasteiger partial charge in [-0.25, -0.2) is 0 Å². The van der Waals surface area contributed by atoms with Crippen molar-refractivity contribution in [1.29, 1.82) is 0 Å². The third kappa shape index (κ3) is 20.8. The molecule has 0 aliphatic carbocycles. The summed E-state index contributed by atoms with van der Waals surface area (Å²) in [6, 6.07) is 0. The fraction of sp³-hybridized carbons (Fsp3) is 0.926. The maximum Gasteiger partial charge on any atom is 0.225 e. The minimum Gasteiger partial charge on any atom is -0.409 e. The Hall–Kier alpha value is -1.10. The van der Waals surface area contributed by atoms with Crippen molar-refractivity contribution in [2.45, 2.75) is 161 Å². The number of nitrogens with zero attached hydrogens (tertiary/aromatic N) is 1. The SMILES string of the molecule is CCCCCCCCCCCCCCCC(O)/C(=N/O)NC(=O)CCCCCCCCC. The van der Waals surface area contributed by atoms with Crippen LogP contribution in [0.25, 0.3) is 0 Å². The number of oxime groups is 1. The van der Waals surface area contributed by atoms with E-state index >= 15 is 0 Å². The minimum atomic E-state index is -0.897. The van der Waals surface area contributed by atoms with Gasteiger partial charge < -0.3 is 15.6 Å². The van der Waals surface area contributed by atoms with Crippen LogP contribution in [0.5, 0.6) is 0 Å². The van der Waals surface area contributed by atoms with Gasteiger partial charge in [0.2, 0.25) is 5.91 Å². The van der Waals surface area contributed by atoms with Gasteiger partial charge in [-0.2, -0.15) is 0 Å². The Morgan fingerprint density at radius 1 is 0.656 bits per heavy atom. The predicted octanol–water partition coefficient (Wildman–Crippen LogP) is 7.87. The summed E-state index contributed by atoms with van der Waals surface area (Å²) < 4.78 is 0. The van der Waals surface area contributed by atoms with Crippen molar-refractivity contribution >= 4 is 11.7 Å². The van der Waals surface area contributed by atoms with Crippen molar-refractivity contribution in [2.24, 2.45) is 5.16 Å². The molecule has 1 atom stereocenters. The molecule has 3 N–H and O–H groups in total. The standard InChI is InChI=1S/C27H54N2O3/c1-3-5-7-9-11-12-13-14-15-16-18-19-21-23-25(30)27(29-32)28-26(31)24-22-20-17-10-8-6-4-2/h25,30,32H,3-24H2,1-2H3,(H,28,29,31). The maximum absolute atomic E-state index is 12.0. The van der Waals surface area contributed by atoms with Crippen LogP contribution < -0.4 is 5.32 Å². The number of aliphatic hydroxyl groups excluding tert-OH is 1. The third-order valence-corrected chi connectivity index (χ3v) is 6.28. The van der Waals surface area contributed by atoms with E-state index in [-0.39, 0.29) is 11.7 Å². The van der Waals surface area contributed by atoms with E-state index in [4.69, 9.17) is 5.21 Å². The van der Waals surface area contributed by atoms with E-state index in [1.165, 1.54) is 96.3 Å². The first-order valence-corrected chi connectivity index (χ1v) is 13.9. The van der Waals surface area contributed by atoms with E-state index in [9.17, 15) is 9.90 Å². The first kappa shape index (κ1) is 30.9. The molecule has 0 aliphatic rings. The van der Waals surface area contributed by atoms with Gasteiger partial charge in [0.05, 0.1) is 0 Å². The molecule has 1 unspecified atom stereocenters. The van der Waals surface area contributed by atoms with Crippen LogP contribution in [0, 0.1) is 0 Å². The van der Waals surface area contributed by atoms with Crippen molar-refractivity contribution in [3.05, 3.63) is 0 Å². The van der Waals surface area contributed by atoms with Crippen LogP contribution in [0.3, 0.4) is 0 Å². The molecule has 0 aromatic heterocycles. The summed E-state index contributed by atoms with van der Waals surface area (Å²) in [7, 11) is 0. The van der Waals surface area contributed by atoms with Gasteiger partial charge in [0, 0.05) is 6.42 Å². The summed E-state index contributed by atoms with van der Waals surface area (Å²) in [5.41, 5.74) is 0. The molecule has 0 saturated carbocycles. The average molecular weight is 455 g/mol. The number of hydrogen-bond donors (Lipinski definition) is 3. The van der Waals surface area contributed by atoms with Crippen LogP contribution in [0.1, 0.15) is 155 Å². The number of rotatable bonds is 23. The first-order chi connectivity index (χ1) is 15.7. The van der Waals surface area contributed by atoms with Crippen molar-refractivity contribution in [2.75, 3.05) is 0 Å². The Labute approximate surface area is 198 Å². The van der Waals surface area contributed by atoms with E-state index in [0.29, 0.717) is 12.8 Å². The number of carbonyl (C=O) groups is 1. The number of amidine groups is 1. The number of aliphatic hydroxyl groups is 1. The Balaban J connectivity index is 3.61. The average Bonchev–Trinajstić information content (AvgIpc) is 2.79. The highest BCUT2D eigenvalue weighted by molar-refractivity contribution is 6.00. The summed E-state index contributed by atoms with van der Waals surface area (Å²) in [5, 5.41) is 25.1. The fourth-order valence-corrected chi connectivity index (χ4v) is 4.12. The van der Waals surface area contributed by atoms with E-state index in [2.05, 4.69) is 24.3 Å². The van der Waals surface area contributed by atoms with Gasteiger partial charge in [-0.05, 0) is 12.8 Å². The fourth-order valence-electron chi connectivity index (χ4n) is 4.12. The molecule has 0 aliphatic heterocycles. The molecule has 0 radical (unpaired) electrons. The molecule has 0 heterocycles. The molecule has 0 bridgehead atoms. The zero-order valence-electron chi connectivity index (χ0n) is 21.4. The largest absolute Gasteiger partial charge is 0.409 e. The lowest BCUT2D eigenvalue weighted by molar-refractivity contribution is -0.120. The van der Waals surface area contributed by atoms with Crippen LogP contribution in [0.2, 0.25) is 0 Å². The van der Waals surface area contributed by atoms with Crippen LogP contribution >= 0.6 is 0 Å². The van der Waals surface area contributed by atoms with Crippen molar-refractivity contribution in [1.82, 2.24) is 5.32 Å². The number of amides is 1. The molecular formula is C27H54N2O3. The summed E-state index contributed by atoms with van der Waals surface area (Å²) in [6.07, 6.45) is 24.8. The minimum absolute atomic E-state index is 0.00289. The highest BCUT2D eigenvalue weighted by atomic mass is 16.4. The number of hydrogen-bond acceptors (Lipinski definition) is 4. The summed E-state index contributed by atoms with van der Waals surface area (Å²) in [5.74, 6) is -0.173. The van der Waals surface area contributed by atoms with Crippen LogP contribution in [0.4, 0.5) is 0 Å². The maximum atomic E-state index is 12.0. The molecule has 32 heavy (non-hydrogen) atoms. The molecule has 0 aromatic carbocycles. The third-order valence-electron chi connectivity index (χ3n) is 6.28. The van der Waals surface area contributed by atoms with E-state index in [1.807, 2.05) is 0 Å². The topological polar surface area (TPSA) is 81.9 Å². The molecule has 0 saturated heterocycles. The predicted molar refractivity (Wildman–Crippen MR) is 136 cm³/mol. The Bertz CT molecular complexity index is 441. The second-order valence-corrected chi connectivity index (χ2v) is 9.45. The molecule has 0 spiro atoms. The van der Waals surface area contributed by atoms with Gasteiger partial charge in [0.25, 0.3) is 0 Å². The van der Waals surface area contributed by atoms with Gasteiger partial charge in [-0.1, -0.05) is 141 Å². The molecule has 5 heteroatoms. The summed E-state index contributed by atoms with van der Waals surface area (Å²) in [6.45, 7) is 4.47. The summed E-state index contributed by atoms with van der Waals surface area (Å²) >= 11 is 0. The molecule has 190 valence electrons. The lowest BCUT2D eigenvalue weighted by atomic mass is 10.0. The zero-order chi connectivity index (χ0) is 23.7. The van der Waals surface area contributed by atoms with Gasteiger partial charge in [0.1, 0.15) is 6.10 Å². The second-order valence-electron chi connectivity index (χ2n) is 9.45. The van der Waals surface area contributed by atoms with Crippen LogP contribution in [-0.2, 0) is 4.79 Å². The van der Waals surface area contributed by atoms with Crippen LogP contribution in [-0.4, -0.2) is 28.2 Å². The van der Waals surface area contributed by atoms with Crippen LogP contribution in [0.15, 0.2) is 5.16 Å². The van der Waals surface area contributed by atoms with Gasteiger partial charge in [-0.15, -0.1) is 0 Å². The zero-order valence-corrected chi connectivity index (χ0v) is 21.4. The van der Waals surface area contributed by atoms with Gasteiger partial charge >= 0.3 is 0 Å². The van der Waals surface area contributed by atoms with E-state index in [1.54, 1.807) is 0 Å². The summed E-state index contributed by atoms with van der Waals surface area (Å²) in [4.78, 5) is 12.0. The van der Waals surface area contributed by atoms with Crippen molar-refractivity contribution < 1.29 is 15.1 Å². The first-order valence-electron chi connectivity index (χ1n) is 13.9. The smallest absolute Gasteiger partial charge is 0.225 e. The number of unbranched alkanes of at least 4 members (excludes halogenated alkanes) is 18. The van der Waals surface area contributed by atoms with Gasteiger partial charge in [-0.3, -0.25) is 4.79 Å². The number of carbonyl (C=O) groups excluding carboxylic acids is 1. The Morgan fingerprint density at radius 2 is 1.03 bits per heavy atom. The Kier molecular flexibility index (Phi) is 23.7. The Morgan fingerprint density at radius 3 is 1.44 bits per heavy atom. The number of nitrogens with one attached hydrogen (secondary N) is 1. The molecule has 0 rings (SSSR count). The normalized spacial score (nSPS) is 12.8. The molecule has 0 aromatic rings. The molecule has 0 fully saturated rings. The molecule has 1 amide bonds. The van der Waals surface area contributed by atoms with E-state index in [0.717, 1.165) is 32.1 Å². The lowest BCUT2D eigenvalue weighted by Crippen LogP contribution is -2.38. The highest BCUT2D eigenvalue weighted by Crippen LogP contribution is 2.14. The molecular weight excluding hydrogens is 400 g/mol. The quantitative estimate of drug-likeness (QED) is 0.0483. The van der Waals surface area contributed by atoms with Crippen molar-refractivity contribution in [3.63, 3.8) is 0 Å². The molecule has 5 nitrogen and oxygen atoms in total.